The van der Waals surface area contributed by atoms with E-state index in [4.69, 9.17) is 28.6 Å². The van der Waals surface area contributed by atoms with Crippen molar-refractivity contribution in [1.82, 2.24) is 5.32 Å². The van der Waals surface area contributed by atoms with Crippen LogP contribution in [0.25, 0.3) is 0 Å². The molecule has 0 radical (unpaired) electrons. The van der Waals surface area contributed by atoms with Gasteiger partial charge in [-0.25, -0.2) is 0 Å². The van der Waals surface area contributed by atoms with Gasteiger partial charge in [-0.15, -0.1) is 0 Å². The molecular weight excluding hydrogens is 320 g/mol. The van der Waals surface area contributed by atoms with E-state index < -0.39 is 0 Å². The number of para-hydroxylation sites is 2. The molecule has 0 fully saturated rings. The quantitative estimate of drug-likeness (QED) is 0.647. The molecule has 0 saturated carbocycles. The van der Waals surface area contributed by atoms with Crippen molar-refractivity contribution in [3.63, 3.8) is 0 Å². The lowest BCUT2D eigenvalue weighted by molar-refractivity contribution is 0.0996. The van der Waals surface area contributed by atoms with Gasteiger partial charge < -0.3 is 15.4 Å². The van der Waals surface area contributed by atoms with Crippen molar-refractivity contribution in [3.8, 4) is 5.75 Å². The summed E-state index contributed by atoms with van der Waals surface area (Å²) in [5.74, 6) is 0.583. The van der Waals surface area contributed by atoms with E-state index in [9.17, 15) is 4.79 Å². The molecule has 2 aromatic carbocycles. The monoisotopic (exact) mass is 334 g/mol. The van der Waals surface area contributed by atoms with Crippen molar-refractivity contribution >= 4 is 40.4 Å². The number of Topliss-reactive ketones (excluding diaryl/α,β-unsaturated/α-hetero) is 1. The van der Waals surface area contributed by atoms with Gasteiger partial charge in [-0.05, 0) is 36.5 Å². The Kier molecular flexibility index (Phi) is 5.75. The van der Waals surface area contributed by atoms with Gasteiger partial charge in [-0.2, -0.15) is 0 Å². The molecule has 2 rings (SSSR count). The number of rotatable bonds is 5. The lowest BCUT2D eigenvalue weighted by Gasteiger charge is -2.12. The molecule has 0 atom stereocenters. The molecule has 0 saturated heterocycles. The average Bonchev–Trinajstić information content (AvgIpc) is 2.53. The summed E-state index contributed by atoms with van der Waals surface area (Å²) in [6, 6.07) is 14.2. The van der Waals surface area contributed by atoms with Crippen LogP contribution in [-0.2, 0) is 0 Å². The lowest BCUT2D eigenvalue weighted by atomic mass is 10.1. The molecule has 0 heterocycles. The first kappa shape index (κ1) is 16.3. The topological polar surface area (TPSA) is 50.4 Å². The fraction of sp³-hybridized carbons (Fsp3) is 0.125. The number of carbonyl (C=O) groups excluding carboxylic acids is 1. The fourth-order valence-electron chi connectivity index (χ4n) is 1.84. The summed E-state index contributed by atoms with van der Waals surface area (Å²) in [7, 11) is 1.58. The van der Waals surface area contributed by atoms with Gasteiger partial charge >= 0.3 is 0 Å². The van der Waals surface area contributed by atoms with Crippen LogP contribution in [0, 0.1) is 0 Å². The van der Waals surface area contributed by atoms with E-state index in [1.54, 1.807) is 31.4 Å². The highest BCUT2D eigenvalue weighted by atomic mass is 35.5. The van der Waals surface area contributed by atoms with Gasteiger partial charge in [0.2, 0.25) is 0 Å². The van der Waals surface area contributed by atoms with E-state index in [1.807, 2.05) is 24.3 Å². The maximum atomic E-state index is 12.0. The molecule has 0 spiro atoms. The van der Waals surface area contributed by atoms with E-state index in [-0.39, 0.29) is 12.3 Å². The Hall–Kier alpha value is -2.11. The van der Waals surface area contributed by atoms with Crippen molar-refractivity contribution in [2.75, 3.05) is 19.0 Å². The van der Waals surface area contributed by atoms with Crippen LogP contribution in [0.2, 0.25) is 5.02 Å². The van der Waals surface area contributed by atoms with E-state index >= 15 is 0 Å². The highest BCUT2D eigenvalue weighted by molar-refractivity contribution is 7.80. The average molecular weight is 335 g/mol. The summed E-state index contributed by atoms with van der Waals surface area (Å²) in [5, 5.41) is 6.74. The molecule has 2 N–H and O–H groups in total. The molecule has 0 aromatic heterocycles. The number of hydrogen-bond acceptors (Lipinski definition) is 3. The van der Waals surface area contributed by atoms with Gasteiger partial charge in [0.05, 0.1) is 19.3 Å². The van der Waals surface area contributed by atoms with Gasteiger partial charge in [0.25, 0.3) is 0 Å². The van der Waals surface area contributed by atoms with E-state index in [0.717, 1.165) is 5.69 Å². The number of methoxy groups -OCH3 is 1. The summed E-state index contributed by atoms with van der Waals surface area (Å²) >= 11 is 11.0. The van der Waals surface area contributed by atoms with Crippen LogP contribution in [0.1, 0.15) is 10.4 Å². The largest absolute Gasteiger partial charge is 0.495 e. The Morgan fingerprint density at radius 3 is 2.73 bits per heavy atom. The van der Waals surface area contributed by atoms with E-state index in [2.05, 4.69) is 10.6 Å². The third-order valence-corrected chi connectivity index (χ3v) is 3.39. The number of carbonyl (C=O) groups is 1. The molecule has 6 heteroatoms. The first-order valence-corrected chi connectivity index (χ1v) is 7.35. The molecule has 4 nitrogen and oxygen atoms in total. The minimum atomic E-state index is -0.0910. The van der Waals surface area contributed by atoms with Crippen molar-refractivity contribution in [2.24, 2.45) is 0 Å². The highest BCUT2D eigenvalue weighted by Crippen LogP contribution is 2.22. The number of nitrogens with one attached hydrogen (secondary N) is 2. The van der Waals surface area contributed by atoms with Crippen molar-refractivity contribution in [2.45, 2.75) is 0 Å². The predicted molar refractivity (Wildman–Crippen MR) is 93.0 cm³/mol. The Morgan fingerprint density at radius 2 is 2.00 bits per heavy atom. The molecular formula is C16H15ClN2O2S. The second kappa shape index (κ2) is 7.77. The zero-order valence-electron chi connectivity index (χ0n) is 11.9. The Labute approximate surface area is 139 Å². The second-order valence-corrected chi connectivity index (χ2v) is 5.29. The van der Waals surface area contributed by atoms with Crippen LogP contribution in [0.5, 0.6) is 5.75 Å². The molecule has 0 amide bonds. The highest BCUT2D eigenvalue weighted by Gasteiger charge is 2.08. The van der Waals surface area contributed by atoms with E-state index in [1.165, 1.54) is 0 Å². The SMILES string of the molecule is COc1ccccc1NC(=S)NCC(=O)c1cccc(Cl)c1. The van der Waals surface area contributed by atoms with Crippen molar-refractivity contribution < 1.29 is 9.53 Å². The van der Waals surface area contributed by atoms with Gasteiger partial charge in [0, 0.05) is 10.6 Å². The predicted octanol–water partition coefficient (Wildman–Crippen LogP) is 3.52. The number of ketones is 1. The molecule has 0 bridgehead atoms. The maximum Gasteiger partial charge on any atom is 0.181 e. The Morgan fingerprint density at radius 1 is 1.23 bits per heavy atom. The normalized spacial score (nSPS) is 9.91. The van der Waals surface area contributed by atoms with Crippen LogP contribution in [0.3, 0.4) is 0 Å². The minimum Gasteiger partial charge on any atom is -0.495 e. The van der Waals surface area contributed by atoms with Crippen LogP contribution in [0.15, 0.2) is 48.5 Å². The van der Waals surface area contributed by atoms with Crippen LogP contribution in [-0.4, -0.2) is 24.6 Å². The number of thiocarbonyl (C=S) groups is 1. The third-order valence-electron chi connectivity index (χ3n) is 2.91. The fourth-order valence-corrected chi connectivity index (χ4v) is 2.21. The maximum absolute atomic E-state index is 12.0. The van der Waals surface area contributed by atoms with Gasteiger partial charge in [0.15, 0.2) is 10.9 Å². The molecule has 22 heavy (non-hydrogen) atoms. The van der Waals surface area contributed by atoms with E-state index in [0.29, 0.717) is 21.4 Å². The Bertz CT molecular complexity index is 691. The summed E-state index contributed by atoms with van der Waals surface area (Å²) in [6.45, 7) is 0.0846. The van der Waals surface area contributed by atoms with Gasteiger partial charge in [-0.1, -0.05) is 35.9 Å². The van der Waals surface area contributed by atoms with Gasteiger partial charge in [0.1, 0.15) is 5.75 Å². The van der Waals surface area contributed by atoms with Crippen LogP contribution < -0.4 is 15.4 Å². The smallest absolute Gasteiger partial charge is 0.181 e. The molecule has 0 unspecified atom stereocenters. The number of benzene rings is 2. The van der Waals surface area contributed by atoms with Gasteiger partial charge in [-0.3, -0.25) is 4.79 Å². The molecule has 0 aliphatic carbocycles. The molecule has 0 aliphatic heterocycles. The second-order valence-electron chi connectivity index (χ2n) is 4.44. The number of anilines is 1. The molecule has 114 valence electrons. The standard InChI is InChI=1S/C16H15ClN2O2S/c1-21-15-8-3-2-7-13(15)19-16(22)18-10-14(20)11-5-4-6-12(17)9-11/h2-9H,10H2,1H3,(H2,18,19,22). The zero-order valence-corrected chi connectivity index (χ0v) is 13.5. The van der Waals surface area contributed by atoms with Crippen molar-refractivity contribution in [1.29, 1.82) is 0 Å². The summed E-state index contributed by atoms with van der Waals surface area (Å²) < 4.78 is 5.22. The number of halogens is 1. The first-order chi connectivity index (χ1) is 10.6. The number of ether oxygens (including phenoxy) is 1. The summed E-state index contributed by atoms with van der Waals surface area (Å²) in [6.07, 6.45) is 0. The summed E-state index contributed by atoms with van der Waals surface area (Å²) in [4.78, 5) is 12.0. The summed E-state index contributed by atoms with van der Waals surface area (Å²) in [5.41, 5.74) is 1.28. The third kappa shape index (κ3) is 4.44. The van der Waals surface area contributed by atoms with Crippen LogP contribution >= 0.6 is 23.8 Å². The lowest BCUT2D eigenvalue weighted by Crippen LogP contribution is -2.33. The molecule has 0 aliphatic rings. The van der Waals surface area contributed by atoms with Crippen molar-refractivity contribution in [3.05, 3.63) is 59.1 Å². The zero-order chi connectivity index (χ0) is 15.9. The number of hydrogen-bond donors (Lipinski definition) is 2. The minimum absolute atomic E-state index is 0.0846. The Balaban J connectivity index is 1.91. The first-order valence-electron chi connectivity index (χ1n) is 6.57. The van der Waals surface area contributed by atoms with Crippen LogP contribution in [0.4, 0.5) is 5.69 Å². The molecule has 2 aromatic rings.